The van der Waals surface area contributed by atoms with Crippen LogP contribution >= 0.6 is 0 Å². The number of hydrogen-bond donors (Lipinski definition) is 0. The zero-order chi connectivity index (χ0) is 15.8. The molecule has 0 bridgehead atoms. The summed E-state index contributed by atoms with van der Waals surface area (Å²) in [4.78, 5) is 4.81. The molecular weight excluding hydrogens is 261 g/mol. The molecule has 2 rings (SSSR count). The van der Waals surface area contributed by atoms with E-state index in [1.54, 1.807) is 0 Å². The van der Waals surface area contributed by atoms with E-state index in [4.69, 9.17) is 14.3 Å². The van der Waals surface area contributed by atoms with Gasteiger partial charge in [-0.3, -0.25) is 4.99 Å². The van der Waals surface area contributed by atoms with Crippen LogP contribution in [0, 0.1) is 11.8 Å². The SMILES string of the molecule is CCC(C)C(C)C1=NCC(B2OC(C)(C)C(C)(C)O2)=CC1. The maximum Gasteiger partial charge on any atom is 0.492 e. The van der Waals surface area contributed by atoms with Crippen LogP contribution in [0.1, 0.15) is 61.3 Å². The molecule has 118 valence electrons. The van der Waals surface area contributed by atoms with E-state index < -0.39 is 0 Å². The second-order valence-electron chi connectivity index (χ2n) is 7.55. The summed E-state index contributed by atoms with van der Waals surface area (Å²) in [5.74, 6) is 1.25. The number of aliphatic imine (C=N–C) groups is 1. The second kappa shape index (κ2) is 5.88. The molecule has 3 nitrogen and oxygen atoms in total. The molecule has 0 amide bonds. The Morgan fingerprint density at radius 2 is 1.76 bits per heavy atom. The van der Waals surface area contributed by atoms with Gasteiger partial charge in [-0.25, -0.2) is 0 Å². The number of allylic oxidation sites excluding steroid dienone is 1. The van der Waals surface area contributed by atoms with Crippen molar-refractivity contribution in [3.05, 3.63) is 11.5 Å². The third kappa shape index (κ3) is 3.27. The van der Waals surface area contributed by atoms with E-state index in [9.17, 15) is 0 Å². The summed E-state index contributed by atoms with van der Waals surface area (Å²) in [6.45, 7) is 15.9. The van der Waals surface area contributed by atoms with Crippen molar-refractivity contribution in [3.63, 3.8) is 0 Å². The normalized spacial score (nSPS) is 27.1. The van der Waals surface area contributed by atoms with Gasteiger partial charge in [0.1, 0.15) is 0 Å². The van der Waals surface area contributed by atoms with Crippen LogP contribution in [0.4, 0.5) is 0 Å². The molecule has 2 aliphatic rings. The Morgan fingerprint density at radius 1 is 1.19 bits per heavy atom. The highest BCUT2D eigenvalue weighted by atomic mass is 16.7. The van der Waals surface area contributed by atoms with E-state index >= 15 is 0 Å². The van der Waals surface area contributed by atoms with Gasteiger partial charge < -0.3 is 9.31 Å². The highest BCUT2D eigenvalue weighted by molar-refractivity contribution is 6.55. The third-order valence-corrected chi connectivity index (χ3v) is 5.62. The van der Waals surface area contributed by atoms with Crippen molar-refractivity contribution in [2.45, 2.75) is 72.5 Å². The van der Waals surface area contributed by atoms with E-state index in [1.165, 1.54) is 17.6 Å². The molecule has 4 heteroatoms. The highest BCUT2D eigenvalue weighted by Crippen LogP contribution is 2.39. The molecule has 0 spiro atoms. The number of nitrogens with zero attached hydrogens (tertiary/aromatic N) is 1. The predicted molar refractivity (Wildman–Crippen MR) is 89.7 cm³/mol. The maximum atomic E-state index is 6.11. The first-order chi connectivity index (χ1) is 9.68. The van der Waals surface area contributed by atoms with Gasteiger partial charge in [-0.1, -0.05) is 33.3 Å². The topological polar surface area (TPSA) is 30.8 Å². The molecule has 0 saturated carbocycles. The van der Waals surface area contributed by atoms with E-state index in [1.807, 2.05) is 0 Å². The summed E-state index contributed by atoms with van der Waals surface area (Å²) < 4.78 is 12.2. The molecule has 2 unspecified atom stereocenters. The lowest BCUT2D eigenvalue weighted by molar-refractivity contribution is 0.00578. The lowest BCUT2D eigenvalue weighted by atomic mass is 9.75. The first kappa shape index (κ1) is 16.8. The van der Waals surface area contributed by atoms with Crippen molar-refractivity contribution in [1.29, 1.82) is 0 Å². The molecule has 21 heavy (non-hydrogen) atoms. The van der Waals surface area contributed by atoms with E-state index in [2.05, 4.69) is 54.5 Å². The molecule has 0 radical (unpaired) electrons. The Labute approximate surface area is 130 Å². The van der Waals surface area contributed by atoms with Gasteiger partial charge in [0.25, 0.3) is 0 Å². The highest BCUT2D eigenvalue weighted by Gasteiger charge is 2.52. The van der Waals surface area contributed by atoms with Gasteiger partial charge in [0.05, 0.1) is 17.7 Å². The molecule has 0 aliphatic carbocycles. The molecular formula is C17H30BNO2. The van der Waals surface area contributed by atoms with Crippen molar-refractivity contribution >= 4 is 12.8 Å². The van der Waals surface area contributed by atoms with Gasteiger partial charge in [0.15, 0.2) is 0 Å². The van der Waals surface area contributed by atoms with Crippen LogP contribution in [0.25, 0.3) is 0 Å². The molecule has 2 atom stereocenters. The predicted octanol–water partition coefficient (Wildman–Crippen LogP) is 4.07. The monoisotopic (exact) mass is 291 g/mol. The number of rotatable bonds is 4. The molecule has 2 aliphatic heterocycles. The molecule has 0 N–H and O–H groups in total. The van der Waals surface area contributed by atoms with Crippen molar-refractivity contribution in [2.24, 2.45) is 16.8 Å². The first-order valence-electron chi connectivity index (χ1n) is 8.25. The largest absolute Gasteiger partial charge is 0.492 e. The van der Waals surface area contributed by atoms with Crippen molar-refractivity contribution < 1.29 is 9.31 Å². The van der Waals surface area contributed by atoms with Gasteiger partial charge >= 0.3 is 7.12 Å². The zero-order valence-electron chi connectivity index (χ0n) is 14.7. The lowest BCUT2D eigenvalue weighted by Crippen LogP contribution is -2.41. The maximum absolute atomic E-state index is 6.11. The van der Waals surface area contributed by atoms with Crippen molar-refractivity contribution in [2.75, 3.05) is 6.54 Å². The standard InChI is InChI=1S/C17H30BNO2/c1-8-12(2)13(3)15-10-9-14(11-19-15)18-20-16(4,5)17(6,7)21-18/h9,12-13H,8,10-11H2,1-7H3. The summed E-state index contributed by atoms with van der Waals surface area (Å²) in [6, 6.07) is 0. The van der Waals surface area contributed by atoms with Crippen LogP contribution in [0.3, 0.4) is 0 Å². The molecule has 1 fully saturated rings. The summed E-state index contributed by atoms with van der Waals surface area (Å²) in [7, 11) is -0.237. The smallest absolute Gasteiger partial charge is 0.400 e. The second-order valence-corrected chi connectivity index (χ2v) is 7.55. The van der Waals surface area contributed by atoms with Crippen LogP contribution in [0.2, 0.25) is 0 Å². The average Bonchev–Trinajstić information content (AvgIpc) is 2.66. The van der Waals surface area contributed by atoms with Crippen molar-refractivity contribution in [1.82, 2.24) is 0 Å². The van der Waals surface area contributed by atoms with Gasteiger partial charge in [-0.05, 0) is 45.0 Å². The Morgan fingerprint density at radius 3 is 2.19 bits per heavy atom. The van der Waals surface area contributed by atoms with Gasteiger partial charge in [-0.2, -0.15) is 0 Å². The fraction of sp³-hybridized carbons (Fsp3) is 0.824. The quantitative estimate of drug-likeness (QED) is 0.731. The zero-order valence-corrected chi connectivity index (χ0v) is 14.7. The van der Waals surface area contributed by atoms with Gasteiger partial charge in [0, 0.05) is 12.1 Å². The van der Waals surface area contributed by atoms with Crippen LogP contribution in [0.5, 0.6) is 0 Å². The number of dihydropyridines is 1. The van der Waals surface area contributed by atoms with Crippen LogP contribution < -0.4 is 0 Å². The Hall–Kier alpha value is -0.605. The minimum absolute atomic E-state index is 0.237. The fourth-order valence-electron chi connectivity index (χ4n) is 2.73. The van der Waals surface area contributed by atoms with Crippen LogP contribution in [0.15, 0.2) is 16.5 Å². The minimum atomic E-state index is -0.271. The summed E-state index contributed by atoms with van der Waals surface area (Å²) in [6.07, 6.45) is 4.41. The minimum Gasteiger partial charge on any atom is -0.400 e. The van der Waals surface area contributed by atoms with Crippen LogP contribution in [-0.2, 0) is 9.31 Å². The van der Waals surface area contributed by atoms with Gasteiger partial charge in [-0.15, -0.1) is 0 Å². The third-order valence-electron chi connectivity index (χ3n) is 5.62. The first-order valence-corrected chi connectivity index (χ1v) is 8.25. The Balaban J connectivity index is 2.00. The summed E-state index contributed by atoms with van der Waals surface area (Å²) >= 11 is 0. The van der Waals surface area contributed by atoms with Crippen LogP contribution in [-0.4, -0.2) is 30.6 Å². The van der Waals surface area contributed by atoms with Gasteiger partial charge in [0.2, 0.25) is 0 Å². The average molecular weight is 291 g/mol. The lowest BCUT2D eigenvalue weighted by Gasteiger charge is -2.32. The molecule has 0 aromatic rings. The number of hydrogen-bond acceptors (Lipinski definition) is 3. The molecule has 2 heterocycles. The summed E-state index contributed by atoms with van der Waals surface area (Å²) in [5, 5.41) is 0. The summed E-state index contributed by atoms with van der Waals surface area (Å²) in [5.41, 5.74) is 1.96. The van der Waals surface area contributed by atoms with E-state index in [-0.39, 0.29) is 18.3 Å². The molecule has 0 aromatic carbocycles. The van der Waals surface area contributed by atoms with E-state index in [0.29, 0.717) is 18.4 Å². The van der Waals surface area contributed by atoms with E-state index in [0.717, 1.165) is 6.42 Å². The fourth-order valence-corrected chi connectivity index (χ4v) is 2.73. The molecule has 0 aromatic heterocycles. The Bertz CT molecular complexity index is 438. The molecule has 1 saturated heterocycles. The Kier molecular flexibility index (Phi) is 4.70. The van der Waals surface area contributed by atoms with Crippen molar-refractivity contribution in [3.8, 4) is 0 Å².